The van der Waals surface area contributed by atoms with Crippen LogP contribution in [0.2, 0.25) is 5.02 Å². The Morgan fingerprint density at radius 2 is 1.97 bits per heavy atom. The first kappa shape index (κ1) is 22.6. The Hall–Kier alpha value is -3.57. The normalized spacial score (nSPS) is 11.0. The van der Waals surface area contributed by atoms with E-state index in [1.807, 2.05) is 0 Å². The fourth-order valence-electron chi connectivity index (χ4n) is 3.24. The fraction of sp³-hybridized carbons (Fsp3) is 0.143. The molecule has 4 rings (SSSR count). The van der Waals surface area contributed by atoms with Crippen molar-refractivity contribution in [2.45, 2.75) is 13.1 Å². The first-order chi connectivity index (χ1) is 15.8. The van der Waals surface area contributed by atoms with E-state index in [9.17, 15) is 19.7 Å². The van der Waals surface area contributed by atoms with E-state index in [0.29, 0.717) is 28.2 Å². The molecule has 0 radical (unpaired) electrons. The molecule has 0 spiro atoms. The average molecular weight is 532 g/mol. The minimum Gasteiger partial charge on any atom is -0.350 e. The lowest BCUT2D eigenvalue weighted by Crippen LogP contribution is -2.28. The number of nitro benzene ring substituents is 1. The molecule has 12 heteroatoms. The summed E-state index contributed by atoms with van der Waals surface area (Å²) in [6, 6.07) is 11.0. The smallest absolute Gasteiger partial charge is 0.269 e. The largest absolute Gasteiger partial charge is 0.350 e. The van der Waals surface area contributed by atoms with Crippen LogP contribution in [0.4, 0.5) is 5.69 Å². The molecule has 168 valence electrons. The molecule has 0 unspecified atom stereocenters. The highest BCUT2D eigenvalue weighted by Crippen LogP contribution is 2.20. The number of benzene rings is 2. The number of carbonyl (C=O) groups excluding carboxylic acids is 1. The number of hydrogen-bond donors (Lipinski definition) is 1. The van der Waals surface area contributed by atoms with Gasteiger partial charge in [-0.25, -0.2) is 9.67 Å². The highest BCUT2D eigenvalue weighted by atomic mass is 79.9. The van der Waals surface area contributed by atoms with E-state index < -0.39 is 4.92 Å². The minimum atomic E-state index is -0.478. The number of nitrogens with one attached hydrogen (secondary N) is 1. The molecule has 1 N–H and O–H groups in total. The van der Waals surface area contributed by atoms with Crippen LogP contribution in [-0.4, -0.2) is 36.7 Å². The SMILES string of the molecule is O=C(NCCn1ncc2c(=O)n(Cc3ccc([N+](=O)[O-])cc3)cnc21)c1cc(Br)ccc1Cl. The molecular weight excluding hydrogens is 516 g/mol. The molecule has 0 saturated heterocycles. The van der Waals surface area contributed by atoms with Gasteiger partial charge in [0, 0.05) is 23.2 Å². The second kappa shape index (κ2) is 9.51. The Labute approximate surface area is 200 Å². The number of nitrogens with zero attached hydrogens (tertiary/aromatic N) is 5. The van der Waals surface area contributed by atoms with Crippen molar-refractivity contribution in [1.82, 2.24) is 24.6 Å². The molecular formula is C21H16BrClN6O4. The number of aromatic nitrogens is 4. The Balaban J connectivity index is 1.45. The van der Waals surface area contributed by atoms with Gasteiger partial charge in [0.05, 0.1) is 34.8 Å². The number of nitro groups is 1. The van der Waals surface area contributed by atoms with Crippen LogP contribution in [0.15, 0.2) is 64.3 Å². The maximum Gasteiger partial charge on any atom is 0.269 e. The summed E-state index contributed by atoms with van der Waals surface area (Å²) in [5, 5.41) is 18.5. The zero-order valence-electron chi connectivity index (χ0n) is 16.9. The van der Waals surface area contributed by atoms with Crippen molar-refractivity contribution >= 4 is 50.2 Å². The summed E-state index contributed by atoms with van der Waals surface area (Å²) in [4.78, 5) is 39.9. The van der Waals surface area contributed by atoms with Crippen molar-refractivity contribution < 1.29 is 9.72 Å². The third kappa shape index (κ3) is 4.94. The van der Waals surface area contributed by atoms with Crippen LogP contribution in [-0.2, 0) is 13.1 Å². The standard InChI is InChI=1S/C21H16BrClN6O4/c22-14-3-6-18(23)16(9-14)20(30)24-7-8-28-19-17(10-26-28)21(31)27(12-25-19)11-13-1-4-15(5-2-13)29(32)33/h1-6,9-10,12H,7-8,11H2,(H,24,30). The zero-order chi connectivity index (χ0) is 23.5. The van der Waals surface area contributed by atoms with Gasteiger partial charge < -0.3 is 5.32 Å². The van der Waals surface area contributed by atoms with Gasteiger partial charge in [-0.15, -0.1) is 0 Å². The molecule has 0 saturated carbocycles. The lowest BCUT2D eigenvalue weighted by molar-refractivity contribution is -0.384. The predicted octanol–water partition coefficient (Wildman–Crippen LogP) is 3.40. The summed E-state index contributed by atoms with van der Waals surface area (Å²) in [5.41, 5.74) is 1.17. The van der Waals surface area contributed by atoms with Crippen molar-refractivity contribution in [2.75, 3.05) is 6.54 Å². The molecule has 2 aromatic carbocycles. The lowest BCUT2D eigenvalue weighted by atomic mass is 10.2. The van der Waals surface area contributed by atoms with Crippen LogP contribution in [0.5, 0.6) is 0 Å². The second-order valence-electron chi connectivity index (χ2n) is 7.09. The molecule has 0 aliphatic rings. The molecule has 2 heterocycles. The van der Waals surface area contributed by atoms with Crippen LogP contribution in [0.25, 0.3) is 11.0 Å². The molecule has 0 aliphatic heterocycles. The summed E-state index contributed by atoms with van der Waals surface area (Å²) in [7, 11) is 0. The van der Waals surface area contributed by atoms with Gasteiger partial charge in [0.1, 0.15) is 11.7 Å². The molecule has 10 nitrogen and oxygen atoms in total. The number of amides is 1. The summed E-state index contributed by atoms with van der Waals surface area (Å²) in [6.07, 6.45) is 2.84. The van der Waals surface area contributed by atoms with E-state index in [0.717, 1.165) is 10.0 Å². The highest BCUT2D eigenvalue weighted by molar-refractivity contribution is 9.10. The minimum absolute atomic E-state index is 0.0183. The monoisotopic (exact) mass is 530 g/mol. The van der Waals surface area contributed by atoms with E-state index in [1.165, 1.54) is 33.9 Å². The first-order valence-corrected chi connectivity index (χ1v) is 10.9. The van der Waals surface area contributed by atoms with Gasteiger partial charge in [-0.1, -0.05) is 39.7 Å². The number of rotatable bonds is 7. The molecule has 0 aliphatic carbocycles. The molecule has 0 bridgehead atoms. The molecule has 0 atom stereocenters. The average Bonchev–Trinajstić information content (AvgIpc) is 3.21. The first-order valence-electron chi connectivity index (χ1n) is 9.71. The van der Waals surface area contributed by atoms with Gasteiger partial charge in [0.2, 0.25) is 0 Å². The topological polar surface area (TPSA) is 125 Å². The van der Waals surface area contributed by atoms with Gasteiger partial charge in [0.15, 0.2) is 5.65 Å². The molecule has 2 aromatic heterocycles. The highest BCUT2D eigenvalue weighted by Gasteiger charge is 2.13. The predicted molar refractivity (Wildman–Crippen MR) is 125 cm³/mol. The molecule has 0 fully saturated rings. The van der Waals surface area contributed by atoms with E-state index in [-0.39, 0.29) is 30.2 Å². The van der Waals surface area contributed by atoms with Crippen molar-refractivity contribution in [3.63, 3.8) is 0 Å². The molecule has 4 aromatic rings. The van der Waals surface area contributed by atoms with E-state index in [1.54, 1.807) is 30.3 Å². The van der Waals surface area contributed by atoms with Crippen LogP contribution < -0.4 is 10.9 Å². The van der Waals surface area contributed by atoms with Gasteiger partial charge in [0.25, 0.3) is 17.2 Å². The summed E-state index contributed by atoms with van der Waals surface area (Å²) in [6.45, 7) is 0.778. The van der Waals surface area contributed by atoms with Crippen LogP contribution in [0.1, 0.15) is 15.9 Å². The maximum absolute atomic E-state index is 12.8. The summed E-state index contributed by atoms with van der Waals surface area (Å²) < 4.78 is 3.69. The number of hydrogen-bond acceptors (Lipinski definition) is 6. The Bertz CT molecular complexity index is 1420. The summed E-state index contributed by atoms with van der Waals surface area (Å²) >= 11 is 9.40. The molecule has 33 heavy (non-hydrogen) atoms. The zero-order valence-corrected chi connectivity index (χ0v) is 19.3. The van der Waals surface area contributed by atoms with Crippen molar-refractivity contribution in [1.29, 1.82) is 0 Å². The Morgan fingerprint density at radius 1 is 1.21 bits per heavy atom. The van der Waals surface area contributed by atoms with Gasteiger partial charge >= 0.3 is 0 Å². The van der Waals surface area contributed by atoms with E-state index in [4.69, 9.17) is 11.6 Å². The van der Waals surface area contributed by atoms with Gasteiger partial charge in [-0.2, -0.15) is 5.10 Å². The van der Waals surface area contributed by atoms with Crippen LogP contribution >= 0.6 is 27.5 Å². The number of carbonyl (C=O) groups is 1. The number of fused-ring (bicyclic) bond motifs is 1. The third-order valence-corrected chi connectivity index (χ3v) is 5.73. The van der Waals surface area contributed by atoms with Crippen molar-refractivity contribution in [3.8, 4) is 0 Å². The van der Waals surface area contributed by atoms with E-state index >= 15 is 0 Å². The van der Waals surface area contributed by atoms with E-state index in [2.05, 4.69) is 31.3 Å². The van der Waals surface area contributed by atoms with Crippen molar-refractivity contribution in [2.24, 2.45) is 0 Å². The fourth-order valence-corrected chi connectivity index (χ4v) is 3.80. The van der Waals surface area contributed by atoms with Gasteiger partial charge in [-0.05, 0) is 23.8 Å². The van der Waals surface area contributed by atoms with Crippen LogP contribution in [0.3, 0.4) is 0 Å². The third-order valence-electron chi connectivity index (χ3n) is 4.90. The second-order valence-corrected chi connectivity index (χ2v) is 8.41. The quantitative estimate of drug-likeness (QED) is 0.288. The lowest BCUT2D eigenvalue weighted by Gasteiger charge is -2.08. The number of halogens is 2. The summed E-state index contributed by atoms with van der Waals surface area (Å²) in [5.74, 6) is -0.323. The Kier molecular flexibility index (Phi) is 6.52. The van der Waals surface area contributed by atoms with Gasteiger partial charge in [-0.3, -0.25) is 24.3 Å². The van der Waals surface area contributed by atoms with Crippen molar-refractivity contribution in [3.05, 3.63) is 96.1 Å². The Morgan fingerprint density at radius 3 is 2.70 bits per heavy atom. The maximum atomic E-state index is 12.8. The number of non-ortho nitro benzene ring substituents is 1. The van der Waals surface area contributed by atoms with Crippen LogP contribution in [0, 0.1) is 10.1 Å². The molecule has 1 amide bonds.